The highest BCUT2D eigenvalue weighted by Gasteiger charge is 2.36. The van der Waals surface area contributed by atoms with Gasteiger partial charge in [-0.3, -0.25) is 4.79 Å². The van der Waals surface area contributed by atoms with Gasteiger partial charge in [0.25, 0.3) is 0 Å². The molecule has 1 saturated carbocycles. The van der Waals surface area contributed by atoms with Crippen LogP contribution in [0.5, 0.6) is 0 Å². The van der Waals surface area contributed by atoms with Crippen molar-refractivity contribution in [2.45, 2.75) is 37.6 Å². The summed E-state index contributed by atoms with van der Waals surface area (Å²) in [6.45, 7) is 0.544. The van der Waals surface area contributed by atoms with E-state index >= 15 is 0 Å². The van der Waals surface area contributed by atoms with E-state index in [1.807, 2.05) is 6.20 Å². The molecule has 22 heavy (non-hydrogen) atoms. The Kier molecular flexibility index (Phi) is 5.08. The van der Waals surface area contributed by atoms with Gasteiger partial charge in [0.15, 0.2) is 0 Å². The van der Waals surface area contributed by atoms with Crippen LogP contribution in [0.2, 0.25) is 0 Å². The third-order valence-corrected chi connectivity index (χ3v) is 4.36. The molecule has 0 radical (unpaired) electrons. The fourth-order valence-corrected chi connectivity index (χ4v) is 3.09. The fourth-order valence-electron chi connectivity index (χ4n) is 3.09. The molecule has 120 valence electrons. The van der Waals surface area contributed by atoms with E-state index in [0.29, 0.717) is 13.0 Å². The first-order valence-electron chi connectivity index (χ1n) is 7.41. The number of H-pyrrole nitrogens is 1. The predicted molar refractivity (Wildman–Crippen MR) is 87.6 cm³/mol. The summed E-state index contributed by atoms with van der Waals surface area (Å²) in [5, 5.41) is 3.92. The van der Waals surface area contributed by atoms with Crippen molar-refractivity contribution in [1.29, 1.82) is 0 Å². The van der Waals surface area contributed by atoms with Crippen LogP contribution in [0.4, 0.5) is 4.39 Å². The molecule has 1 aromatic carbocycles. The van der Waals surface area contributed by atoms with E-state index < -0.39 is 5.54 Å². The second-order valence-electron chi connectivity index (χ2n) is 5.87. The second kappa shape index (κ2) is 6.67. The smallest absolute Gasteiger partial charge is 0.240 e. The molecule has 6 heteroatoms. The highest BCUT2D eigenvalue weighted by Crippen LogP contribution is 2.27. The maximum absolute atomic E-state index is 13.1. The van der Waals surface area contributed by atoms with Gasteiger partial charge in [0.1, 0.15) is 5.82 Å². The number of carbonyl (C=O) groups is 1. The first kappa shape index (κ1) is 16.8. The van der Waals surface area contributed by atoms with Crippen LogP contribution in [0.3, 0.4) is 0 Å². The summed E-state index contributed by atoms with van der Waals surface area (Å²) >= 11 is 0. The largest absolute Gasteiger partial charge is 0.361 e. The minimum atomic E-state index is -0.677. The zero-order valence-corrected chi connectivity index (χ0v) is 13.1. The van der Waals surface area contributed by atoms with E-state index in [1.54, 1.807) is 6.07 Å². The van der Waals surface area contributed by atoms with Gasteiger partial charge in [-0.1, -0.05) is 12.8 Å². The Morgan fingerprint density at radius 1 is 1.36 bits per heavy atom. The molecule has 1 heterocycles. The van der Waals surface area contributed by atoms with E-state index in [4.69, 9.17) is 5.73 Å². The molecule has 0 unspecified atom stereocenters. The first-order chi connectivity index (χ1) is 10.1. The van der Waals surface area contributed by atoms with Crippen LogP contribution in [-0.4, -0.2) is 23.0 Å². The highest BCUT2D eigenvalue weighted by atomic mass is 35.5. The molecular weight excluding hydrogens is 305 g/mol. The van der Waals surface area contributed by atoms with E-state index in [-0.39, 0.29) is 24.1 Å². The van der Waals surface area contributed by atoms with Crippen molar-refractivity contribution < 1.29 is 9.18 Å². The molecule has 1 amide bonds. The Balaban J connectivity index is 0.00000176. The Morgan fingerprint density at radius 2 is 2.09 bits per heavy atom. The lowest BCUT2D eigenvalue weighted by Crippen LogP contribution is -2.52. The molecule has 0 saturated heterocycles. The van der Waals surface area contributed by atoms with Crippen LogP contribution in [0, 0.1) is 5.82 Å². The Hall–Kier alpha value is -1.59. The van der Waals surface area contributed by atoms with Crippen LogP contribution in [0.25, 0.3) is 10.9 Å². The average molecular weight is 326 g/mol. The maximum Gasteiger partial charge on any atom is 0.240 e. The highest BCUT2D eigenvalue weighted by molar-refractivity contribution is 5.86. The Labute approximate surface area is 135 Å². The van der Waals surface area contributed by atoms with Crippen LogP contribution >= 0.6 is 12.4 Å². The third-order valence-electron chi connectivity index (χ3n) is 4.36. The molecule has 3 rings (SSSR count). The topological polar surface area (TPSA) is 70.9 Å². The average Bonchev–Trinajstić information content (AvgIpc) is 3.06. The van der Waals surface area contributed by atoms with Crippen LogP contribution in [-0.2, 0) is 11.2 Å². The molecule has 2 aromatic rings. The lowest BCUT2D eigenvalue weighted by Gasteiger charge is -2.22. The van der Waals surface area contributed by atoms with Gasteiger partial charge in [-0.25, -0.2) is 4.39 Å². The minimum absolute atomic E-state index is 0. The van der Waals surface area contributed by atoms with Crippen molar-refractivity contribution in [2.24, 2.45) is 5.73 Å². The molecule has 0 aliphatic heterocycles. The minimum Gasteiger partial charge on any atom is -0.361 e. The molecule has 1 aliphatic rings. The zero-order valence-electron chi connectivity index (χ0n) is 12.3. The third kappa shape index (κ3) is 3.25. The summed E-state index contributed by atoms with van der Waals surface area (Å²) < 4.78 is 13.1. The SMILES string of the molecule is Cl.NC1(C(=O)NCCc2c[nH]c3cc(F)ccc23)CCCC1. The van der Waals surface area contributed by atoms with Crippen molar-refractivity contribution in [3.8, 4) is 0 Å². The van der Waals surface area contributed by atoms with Gasteiger partial charge in [-0.05, 0) is 43.0 Å². The van der Waals surface area contributed by atoms with Crippen molar-refractivity contribution in [1.82, 2.24) is 10.3 Å². The van der Waals surface area contributed by atoms with E-state index in [0.717, 1.165) is 42.1 Å². The van der Waals surface area contributed by atoms with Gasteiger partial charge in [-0.2, -0.15) is 0 Å². The van der Waals surface area contributed by atoms with Crippen molar-refractivity contribution in [2.75, 3.05) is 6.54 Å². The van der Waals surface area contributed by atoms with Gasteiger partial charge < -0.3 is 16.0 Å². The lowest BCUT2D eigenvalue weighted by molar-refractivity contribution is -0.126. The number of hydrogen-bond acceptors (Lipinski definition) is 2. The number of hydrogen-bond donors (Lipinski definition) is 3. The van der Waals surface area contributed by atoms with Crippen molar-refractivity contribution in [3.63, 3.8) is 0 Å². The number of fused-ring (bicyclic) bond motifs is 1. The van der Waals surface area contributed by atoms with Gasteiger partial charge in [-0.15, -0.1) is 12.4 Å². The van der Waals surface area contributed by atoms with Gasteiger partial charge >= 0.3 is 0 Å². The van der Waals surface area contributed by atoms with Gasteiger partial charge in [0.05, 0.1) is 5.54 Å². The Bertz CT molecular complexity index is 664. The van der Waals surface area contributed by atoms with E-state index in [1.165, 1.54) is 12.1 Å². The Morgan fingerprint density at radius 3 is 2.82 bits per heavy atom. The number of amides is 1. The summed E-state index contributed by atoms with van der Waals surface area (Å²) in [5.74, 6) is -0.304. The van der Waals surface area contributed by atoms with Crippen molar-refractivity contribution in [3.05, 3.63) is 35.8 Å². The molecule has 0 bridgehead atoms. The monoisotopic (exact) mass is 325 g/mol. The number of nitrogens with one attached hydrogen (secondary N) is 2. The number of nitrogens with two attached hydrogens (primary N) is 1. The molecular formula is C16H21ClFN3O. The van der Waals surface area contributed by atoms with Gasteiger partial charge in [0, 0.05) is 23.6 Å². The number of aromatic nitrogens is 1. The summed E-state index contributed by atoms with van der Waals surface area (Å²) in [5.41, 5.74) is 7.28. The van der Waals surface area contributed by atoms with Crippen LogP contribution in [0.15, 0.2) is 24.4 Å². The molecule has 1 aromatic heterocycles. The number of benzene rings is 1. The summed E-state index contributed by atoms with van der Waals surface area (Å²) in [7, 11) is 0. The molecule has 1 aliphatic carbocycles. The summed E-state index contributed by atoms with van der Waals surface area (Å²) in [6.07, 6.45) is 6.16. The van der Waals surface area contributed by atoms with Gasteiger partial charge in [0.2, 0.25) is 5.91 Å². The van der Waals surface area contributed by atoms with Crippen LogP contribution in [0.1, 0.15) is 31.2 Å². The van der Waals surface area contributed by atoms with E-state index in [2.05, 4.69) is 10.3 Å². The quantitative estimate of drug-likeness (QED) is 0.808. The number of halogens is 2. The summed E-state index contributed by atoms with van der Waals surface area (Å²) in [6, 6.07) is 4.69. The lowest BCUT2D eigenvalue weighted by atomic mass is 9.98. The molecule has 4 N–H and O–H groups in total. The maximum atomic E-state index is 13.1. The normalized spacial score (nSPS) is 16.5. The number of rotatable bonds is 4. The zero-order chi connectivity index (χ0) is 14.9. The predicted octanol–water partition coefficient (Wildman–Crippen LogP) is 2.66. The first-order valence-corrected chi connectivity index (χ1v) is 7.41. The van der Waals surface area contributed by atoms with Crippen LogP contribution < -0.4 is 11.1 Å². The molecule has 1 fully saturated rings. The van der Waals surface area contributed by atoms with Crippen molar-refractivity contribution >= 4 is 29.2 Å². The fraction of sp³-hybridized carbons (Fsp3) is 0.438. The molecule has 0 spiro atoms. The second-order valence-corrected chi connectivity index (χ2v) is 5.87. The summed E-state index contributed by atoms with van der Waals surface area (Å²) in [4.78, 5) is 15.2. The standard InChI is InChI=1S/C16H20FN3O.ClH/c17-12-3-4-13-11(10-20-14(13)9-12)5-8-19-15(21)16(18)6-1-2-7-16;/h3-4,9-10,20H,1-2,5-8,18H2,(H,19,21);1H. The molecule has 4 nitrogen and oxygen atoms in total. The number of aromatic amines is 1. The van der Waals surface area contributed by atoms with E-state index in [9.17, 15) is 9.18 Å². The molecule has 0 atom stereocenters. The number of carbonyl (C=O) groups excluding carboxylic acids is 1.